The molecule has 2 rings (SSSR count). The van der Waals surface area contributed by atoms with Crippen LogP contribution in [-0.4, -0.2) is 24.2 Å². The topological polar surface area (TPSA) is 56.2 Å². The van der Waals surface area contributed by atoms with Crippen LogP contribution in [0.2, 0.25) is 10.0 Å². The van der Waals surface area contributed by atoms with Crippen molar-refractivity contribution in [2.45, 2.75) is 33.2 Å². The highest BCUT2D eigenvalue weighted by molar-refractivity contribution is 6.35. The van der Waals surface area contributed by atoms with E-state index in [4.69, 9.17) is 28.6 Å². The maximum Gasteiger partial charge on any atom is 0.249 e. The van der Waals surface area contributed by atoms with Crippen molar-refractivity contribution >= 4 is 40.5 Å². The normalized spacial score (nSPS) is 18.7. The molecule has 1 unspecified atom stereocenters. The molecule has 1 aliphatic heterocycles. The number of carbonyl (C=O) groups excluding carboxylic acids is 1. The SMILES string of the molecule is CC(C)(C)C(=N)/C=C\NC1CCN(c2cc(Cl)cc(Cl)c2)C1=O. The van der Waals surface area contributed by atoms with Crippen molar-refractivity contribution < 1.29 is 4.79 Å². The van der Waals surface area contributed by atoms with E-state index in [-0.39, 0.29) is 17.4 Å². The van der Waals surface area contributed by atoms with E-state index in [2.05, 4.69) is 5.32 Å². The minimum absolute atomic E-state index is 0.0183. The Morgan fingerprint density at radius 1 is 1.30 bits per heavy atom. The number of amides is 1. The minimum atomic E-state index is -0.295. The molecule has 124 valence electrons. The summed E-state index contributed by atoms with van der Waals surface area (Å²) >= 11 is 12.0. The third-order valence-corrected chi connectivity index (χ3v) is 4.16. The fourth-order valence-corrected chi connectivity index (χ4v) is 2.80. The summed E-state index contributed by atoms with van der Waals surface area (Å²) in [6.07, 6.45) is 4.08. The Morgan fingerprint density at radius 2 is 1.91 bits per heavy atom. The number of rotatable bonds is 4. The summed E-state index contributed by atoms with van der Waals surface area (Å²) in [6.45, 7) is 6.54. The molecule has 0 bridgehead atoms. The summed E-state index contributed by atoms with van der Waals surface area (Å²) in [5.41, 5.74) is 1.01. The van der Waals surface area contributed by atoms with Crippen LogP contribution in [0.3, 0.4) is 0 Å². The molecule has 0 spiro atoms. The van der Waals surface area contributed by atoms with Crippen LogP contribution in [0.25, 0.3) is 0 Å². The van der Waals surface area contributed by atoms with E-state index in [1.165, 1.54) is 0 Å². The number of allylic oxidation sites excluding steroid dienone is 1. The van der Waals surface area contributed by atoms with Gasteiger partial charge in [-0.1, -0.05) is 44.0 Å². The monoisotopic (exact) mass is 353 g/mol. The van der Waals surface area contributed by atoms with E-state index in [1.807, 2.05) is 20.8 Å². The molecule has 1 heterocycles. The minimum Gasteiger partial charge on any atom is -0.380 e. The van der Waals surface area contributed by atoms with Crippen LogP contribution in [0.1, 0.15) is 27.2 Å². The van der Waals surface area contributed by atoms with Crippen LogP contribution in [-0.2, 0) is 4.79 Å². The molecule has 1 aromatic rings. The molecule has 0 radical (unpaired) electrons. The second-order valence-electron chi connectivity index (χ2n) is 6.62. The average Bonchev–Trinajstić information content (AvgIpc) is 2.78. The largest absolute Gasteiger partial charge is 0.380 e. The third-order valence-electron chi connectivity index (χ3n) is 3.72. The molecule has 1 atom stereocenters. The first-order chi connectivity index (χ1) is 10.7. The van der Waals surface area contributed by atoms with Crippen molar-refractivity contribution in [3.63, 3.8) is 0 Å². The fraction of sp³-hybridized carbons (Fsp3) is 0.412. The molecule has 4 nitrogen and oxygen atoms in total. The Bertz CT molecular complexity index is 629. The lowest BCUT2D eigenvalue weighted by atomic mass is 9.90. The highest BCUT2D eigenvalue weighted by Gasteiger charge is 2.32. The summed E-state index contributed by atoms with van der Waals surface area (Å²) in [5.74, 6) is -0.0183. The van der Waals surface area contributed by atoms with Gasteiger partial charge < -0.3 is 15.6 Å². The maximum absolute atomic E-state index is 12.5. The summed E-state index contributed by atoms with van der Waals surface area (Å²) in [7, 11) is 0. The first kappa shape index (κ1) is 17.8. The standard InChI is InChI=1S/C17H21Cl2N3O/c1-17(2,3)15(20)4-6-21-14-5-7-22(16(14)23)13-9-11(18)8-12(19)10-13/h4,6,8-10,14,20-21H,5,7H2,1-3H3/b6-4-,20-15?. The van der Waals surface area contributed by atoms with Crippen molar-refractivity contribution in [3.05, 3.63) is 40.5 Å². The zero-order valence-electron chi connectivity index (χ0n) is 13.5. The van der Waals surface area contributed by atoms with Crippen molar-refractivity contribution in [2.75, 3.05) is 11.4 Å². The molecule has 2 N–H and O–H groups in total. The summed E-state index contributed by atoms with van der Waals surface area (Å²) in [6, 6.07) is 4.82. The second-order valence-corrected chi connectivity index (χ2v) is 7.50. The molecule has 0 saturated carbocycles. The maximum atomic E-state index is 12.5. The third kappa shape index (κ3) is 4.49. The van der Waals surface area contributed by atoms with Crippen LogP contribution >= 0.6 is 23.2 Å². The van der Waals surface area contributed by atoms with Gasteiger partial charge in [-0.3, -0.25) is 4.79 Å². The van der Waals surface area contributed by atoms with E-state index in [9.17, 15) is 4.79 Å². The fourth-order valence-electron chi connectivity index (χ4n) is 2.28. The number of hydrogen-bond donors (Lipinski definition) is 2. The Kier molecular flexibility index (Phi) is 5.37. The van der Waals surface area contributed by atoms with Crippen LogP contribution in [0.5, 0.6) is 0 Å². The van der Waals surface area contributed by atoms with Gasteiger partial charge in [-0.25, -0.2) is 0 Å². The van der Waals surface area contributed by atoms with Gasteiger partial charge in [0.15, 0.2) is 0 Å². The van der Waals surface area contributed by atoms with Crippen LogP contribution in [0.4, 0.5) is 5.69 Å². The molecule has 23 heavy (non-hydrogen) atoms. The molecule has 1 aliphatic rings. The summed E-state index contributed by atoms with van der Waals surface area (Å²) < 4.78 is 0. The first-order valence-corrected chi connectivity index (χ1v) is 8.23. The van der Waals surface area contributed by atoms with Gasteiger partial charge in [-0.05, 0) is 36.9 Å². The van der Waals surface area contributed by atoms with E-state index in [0.717, 1.165) is 0 Å². The highest BCUT2D eigenvalue weighted by atomic mass is 35.5. The zero-order chi connectivity index (χ0) is 17.2. The second kappa shape index (κ2) is 6.93. The van der Waals surface area contributed by atoms with Crippen molar-refractivity contribution in [1.82, 2.24) is 5.32 Å². The number of halogens is 2. The zero-order valence-corrected chi connectivity index (χ0v) is 15.0. The van der Waals surface area contributed by atoms with E-state index in [0.29, 0.717) is 34.4 Å². The molecule has 1 saturated heterocycles. The number of nitrogens with zero attached hydrogens (tertiary/aromatic N) is 1. The Hall–Kier alpha value is -1.52. The van der Waals surface area contributed by atoms with Gasteiger partial charge in [0.2, 0.25) is 5.91 Å². The van der Waals surface area contributed by atoms with Gasteiger partial charge in [0.25, 0.3) is 0 Å². The summed E-state index contributed by atoms with van der Waals surface area (Å²) in [4.78, 5) is 14.2. The van der Waals surface area contributed by atoms with Crippen LogP contribution in [0, 0.1) is 10.8 Å². The molecular formula is C17H21Cl2N3O. The average molecular weight is 354 g/mol. The summed E-state index contributed by atoms with van der Waals surface area (Å²) in [5, 5.41) is 12.0. The van der Waals surface area contributed by atoms with Gasteiger partial charge in [0.1, 0.15) is 6.04 Å². The number of nitrogens with one attached hydrogen (secondary N) is 2. The van der Waals surface area contributed by atoms with E-state index < -0.39 is 0 Å². The molecule has 6 heteroatoms. The van der Waals surface area contributed by atoms with Gasteiger partial charge in [-0.15, -0.1) is 0 Å². The van der Waals surface area contributed by atoms with Gasteiger partial charge in [-0.2, -0.15) is 0 Å². The highest BCUT2D eigenvalue weighted by Crippen LogP contribution is 2.28. The van der Waals surface area contributed by atoms with Crippen LogP contribution < -0.4 is 10.2 Å². The van der Waals surface area contributed by atoms with Gasteiger partial charge in [0, 0.05) is 33.4 Å². The van der Waals surface area contributed by atoms with Gasteiger partial charge >= 0.3 is 0 Å². The van der Waals surface area contributed by atoms with Crippen molar-refractivity contribution in [2.24, 2.45) is 5.41 Å². The van der Waals surface area contributed by atoms with Gasteiger partial charge in [0.05, 0.1) is 0 Å². The predicted octanol–water partition coefficient (Wildman–Crippen LogP) is 4.27. The number of carbonyl (C=O) groups is 1. The molecule has 0 aliphatic carbocycles. The lowest BCUT2D eigenvalue weighted by Gasteiger charge is -2.18. The smallest absolute Gasteiger partial charge is 0.249 e. The lowest BCUT2D eigenvalue weighted by Crippen LogP contribution is -2.36. The molecule has 1 fully saturated rings. The quantitative estimate of drug-likeness (QED) is 0.794. The number of hydrogen-bond acceptors (Lipinski definition) is 3. The Morgan fingerprint density at radius 3 is 2.48 bits per heavy atom. The Balaban J connectivity index is 2.02. The molecule has 1 amide bonds. The number of benzene rings is 1. The van der Waals surface area contributed by atoms with E-state index in [1.54, 1.807) is 35.4 Å². The first-order valence-electron chi connectivity index (χ1n) is 7.47. The lowest BCUT2D eigenvalue weighted by molar-refractivity contribution is -0.118. The molecule has 0 aromatic heterocycles. The molecule has 1 aromatic carbocycles. The predicted molar refractivity (Wildman–Crippen MR) is 96.7 cm³/mol. The van der Waals surface area contributed by atoms with E-state index >= 15 is 0 Å². The number of anilines is 1. The van der Waals surface area contributed by atoms with Crippen molar-refractivity contribution in [3.8, 4) is 0 Å². The van der Waals surface area contributed by atoms with Crippen molar-refractivity contribution in [1.29, 1.82) is 5.41 Å². The Labute approximate surface area is 147 Å². The van der Waals surface area contributed by atoms with Crippen LogP contribution in [0.15, 0.2) is 30.5 Å². The molecular weight excluding hydrogens is 333 g/mol.